The molecule has 0 saturated carbocycles. The van der Waals surface area contributed by atoms with Crippen molar-refractivity contribution in [3.63, 3.8) is 0 Å². The molecule has 0 unspecified atom stereocenters. The summed E-state index contributed by atoms with van der Waals surface area (Å²) in [6.07, 6.45) is 0.374. The lowest BCUT2D eigenvalue weighted by molar-refractivity contribution is -0.387. The van der Waals surface area contributed by atoms with Gasteiger partial charge >= 0.3 is 11.7 Å². The molecule has 0 bridgehead atoms. The lowest BCUT2D eigenvalue weighted by atomic mass is 10.2. The minimum Gasteiger partial charge on any atom is -0.481 e. The third-order valence-corrected chi connectivity index (χ3v) is 2.55. The largest absolute Gasteiger partial charge is 0.481 e. The smallest absolute Gasteiger partial charge is 0.307 e. The quantitative estimate of drug-likeness (QED) is 0.456. The van der Waals surface area contributed by atoms with Gasteiger partial charge in [0.15, 0.2) is 0 Å². The van der Waals surface area contributed by atoms with Crippen LogP contribution in [0.4, 0.5) is 20.2 Å². The number of halogens is 2. The molecule has 0 aromatic heterocycles. The van der Waals surface area contributed by atoms with Crippen molar-refractivity contribution in [2.75, 3.05) is 5.32 Å². The van der Waals surface area contributed by atoms with Gasteiger partial charge in [0.25, 0.3) is 0 Å². The number of hydrogen-bond acceptors (Lipinski definition) is 4. The van der Waals surface area contributed by atoms with Gasteiger partial charge < -0.3 is 10.4 Å². The van der Waals surface area contributed by atoms with E-state index in [1.807, 2.05) is 0 Å². The van der Waals surface area contributed by atoms with Crippen molar-refractivity contribution in [3.05, 3.63) is 33.9 Å². The van der Waals surface area contributed by atoms with E-state index in [9.17, 15) is 28.5 Å². The maximum Gasteiger partial charge on any atom is 0.307 e. The average molecular weight is 302 g/mol. The van der Waals surface area contributed by atoms with E-state index < -0.39 is 39.8 Å². The van der Waals surface area contributed by atoms with Gasteiger partial charge in [0.05, 0.1) is 10.6 Å². The number of carboxylic acids is 1. The normalized spacial score (nSPS) is 10.2. The summed E-state index contributed by atoms with van der Waals surface area (Å²) in [5, 5.41) is 21.0. The first-order chi connectivity index (χ1) is 9.81. The van der Waals surface area contributed by atoms with Crippen molar-refractivity contribution in [1.29, 1.82) is 0 Å². The summed E-state index contributed by atoms with van der Waals surface area (Å²) in [7, 11) is 0. The number of nitro benzene ring substituents is 1. The number of carbonyl (C=O) groups is 2. The molecule has 0 aliphatic carbocycles. The van der Waals surface area contributed by atoms with E-state index in [0.717, 1.165) is 0 Å². The van der Waals surface area contributed by atoms with E-state index in [-0.39, 0.29) is 25.7 Å². The third kappa shape index (κ3) is 5.13. The zero-order valence-electron chi connectivity index (χ0n) is 10.8. The van der Waals surface area contributed by atoms with Gasteiger partial charge in [-0.3, -0.25) is 19.7 Å². The Hall–Kier alpha value is -2.58. The van der Waals surface area contributed by atoms with E-state index in [4.69, 9.17) is 5.11 Å². The molecule has 0 saturated heterocycles. The second-order valence-corrected chi connectivity index (χ2v) is 4.19. The Balaban J connectivity index is 2.65. The van der Waals surface area contributed by atoms with E-state index in [1.54, 1.807) is 0 Å². The summed E-state index contributed by atoms with van der Waals surface area (Å²) in [5.41, 5.74) is -1.44. The fourth-order valence-electron chi connectivity index (χ4n) is 1.55. The van der Waals surface area contributed by atoms with Crippen LogP contribution in [-0.2, 0) is 9.59 Å². The van der Waals surface area contributed by atoms with E-state index in [1.165, 1.54) is 0 Å². The molecule has 0 heterocycles. The van der Waals surface area contributed by atoms with Gasteiger partial charge in [-0.2, -0.15) is 4.39 Å². The van der Waals surface area contributed by atoms with Gasteiger partial charge in [-0.05, 0) is 12.8 Å². The average Bonchev–Trinajstić information content (AvgIpc) is 2.37. The molecule has 0 aliphatic rings. The van der Waals surface area contributed by atoms with Crippen LogP contribution in [-0.4, -0.2) is 21.9 Å². The number of unbranched alkanes of at least 4 members (excludes halogenated alkanes) is 1. The zero-order chi connectivity index (χ0) is 16.0. The molecule has 7 nitrogen and oxygen atoms in total. The first-order valence-electron chi connectivity index (χ1n) is 5.96. The van der Waals surface area contributed by atoms with Crippen molar-refractivity contribution in [3.8, 4) is 0 Å². The lowest BCUT2D eigenvalue weighted by Gasteiger charge is -2.06. The highest BCUT2D eigenvalue weighted by molar-refractivity contribution is 5.91. The number of nitro groups is 1. The molecular formula is C12H12F2N2O5. The summed E-state index contributed by atoms with van der Waals surface area (Å²) in [4.78, 5) is 31.2. The van der Waals surface area contributed by atoms with Crippen LogP contribution in [0.5, 0.6) is 0 Å². The van der Waals surface area contributed by atoms with Crippen molar-refractivity contribution in [2.45, 2.75) is 25.7 Å². The molecule has 1 aromatic rings. The van der Waals surface area contributed by atoms with Gasteiger partial charge in [0.1, 0.15) is 5.82 Å². The van der Waals surface area contributed by atoms with Gasteiger partial charge in [-0.15, -0.1) is 0 Å². The van der Waals surface area contributed by atoms with Crippen molar-refractivity contribution < 1.29 is 28.4 Å². The maximum atomic E-state index is 13.4. The van der Waals surface area contributed by atoms with E-state index >= 15 is 0 Å². The highest BCUT2D eigenvalue weighted by Gasteiger charge is 2.19. The molecule has 0 fully saturated rings. The van der Waals surface area contributed by atoms with Crippen LogP contribution in [0, 0.1) is 21.7 Å². The summed E-state index contributed by atoms with van der Waals surface area (Å²) in [6, 6.07) is 0.915. The van der Waals surface area contributed by atoms with Gasteiger partial charge in [0.2, 0.25) is 11.7 Å². The Labute approximate surface area is 117 Å². The number of nitrogens with zero attached hydrogens (tertiary/aromatic N) is 1. The van der Waals surface area contributed by atoms with E-state index in [2.05, 4.69) is 5.32 Å². The van der Waals surface area contributed by atoms with Crippen LogP contribution < -0.4 is 5.32 Å². The third-order valence-electron chi connectivity index (χ3n) is 2.55. The number of carbonyl (C=O) groups excluding carboxylic acids is 1. The van der Waals surface area contributed by atoms with Crippen LogP contribution in [0.25, 0.3) is 0 Å². The lowest BCUT2D eigenvalue weighted by Crippen LogP contribution is -2.13. The number of carboxylic acid groups (broad SMARTS) is 1. The zero-order valence-corrected chi connectivity index (χ0v) is 10.8. The molecule has 2 N–H and O–H groups in total. The Morgan fingerprint density at radius 3 is 2.38 bits per heavy atom. The fraction of sp³-hybridized carbons (Fsp3) is 0.333. The topological polar surface area (TPSA) is 110 Å². The van der Waals surface area contributed by atoms with Crippen LogP contribution >= 0.6 is 0 Å². The fourth-order valence-corrected chi connectivity index (χ4v) is 1.55. The molecule has 9 heteroatoms. The minimum absolute atomic E-state index is 0.0715. The Morgan fingerprint density at radius 1 is 1.19 bits per heavy atom. The monoisotopic (exact) mass is 302 g/mol. The van der Waals surface area contributed by atoms with Crippen LogP contribution in [0.3, 0.4) is 0 Å². The highest BCUT2D eigenvalue weighted by Crippen LogP contribution is 2.25. The van der Waals surface area contributed by atoms with Gasteiger partial charge in [-0.1, -0.05) is 0 Å². The standard InChI is InChI=1S/C12H12F2N2O5/c13-7-5-8(14)10(16(20)21)6-9(7)15-11(17)3-1-2-4-12(18)19/h5-6H,1-4H2,(H,15,17)(H,18,19). The molecule has 21 heavy (non-hydrogen) atoms. The second kappa shape index (κ2) is 7.27. The van der Waals surface area contributed by atoms with Crippen LogP contribution in [0.1, 0.15) is 25.7 Å². The molecular weight excluding hydrogens is 290 g/mol. The summed E-state index contributed by atoms with van der Waals surface area (Å²) < 4.78 is 26.5. The Morgan fingerprint density at radius 2 is 1.81 bits per heavy atom. The summed E-state index contributed by atoms with van der Waals surface area (Å²) >= 11 is 0. The first kappa shape index (κ1) is 16.5. The van der Waals surface area contributed by atoms with Crippen molar-refractivity contribution >= 4 is 23.3 Å². The molecule has 1 amide bonds. The van der Waals surface area contributed by atoms with Gasteiger partial charge in [-0.25, -0.2) is 4.39 Å². The number of anilines is 1. The molecule has 0 radical (unpaired) electrons. The maximum absolute atomic E-state index is 13.4. The van der Waals surface area contributed by atoms with Crippen LogP contribution in [0.15, 0.2) is 12.1 Å². The SMILES string of the molecule is O=C(O)CCCCC(=O)Nc1cc([N+](=O)[O-])c(F)cc1F. The first-order valence-corrected chi connectivity index (χ1v) is 5.96. The molecule has 1 rings (SSSR count). The number of hydrogen-bond donors (Lipinski definition) is 2. The molecule has 0 spiro atoms. The van der Waals surface area contributed by atoms with Crippen molar-refractivity contribution in [1.82, 2.24) is 0 Å². The molecule has 0 aliphatic heterocycles. The predicted octanol–water partition coefficient (Wildman–Crippen LogP) is 2.46. The molecule has 0 atom stereocenters. The van der Waals surface area contributed by atoms with Gasteiger partial charge in [0, 0.05) is 25.0 Å². The van der Waals surface area contributed by atoms with E-state index in [0.29, 0.717) is 12.1 Å². The number of aliphatic carboxylic acids is 1. The highest BCUT2D eigenvalue weighted by atomic mass is 19.1. The Kier molecular flexibility index (Phi) is 5.70. The minimum atomic E-state index is -1.34. The second-order valence-electron chi connectivity index (χ2n) is 4.19. The number of nitrogens with one attached hydrogen (secondary N) is 1. The summed E-state index contributed by atoms with van der Waals surface area (Å²) in [6.45, 7) is 0. The van der Waals surface area contributed by atoms with Crippen molar-refractivity contribution in [2.24, 2.45) is 0 Å². The van der Waals surface area contributed by atoms with Crippen LogP contribution in [0.2, 0.25) is 0 Å². The number of benzene rings is 1. The molecule has 114 valence electrons. The Bertz CT molecular complexity index is 577. The number of amides is 1. The number of rotatable bonds is 7. The predicted molar refractivity (Wildman–Crippen MR) is 67.7 cm³/mol. The summed E-state index contributed by atoms with van der Waals surface area (Å²) in [5.74, 6) is -4.09. The molecule has 1 aromatic carbocycles.